The number of fused-ring (bicyclic) bond motifs is 2. The minimum Gasteiger partial charge on any atom is -0.507 e. The summed E-state index contributed by atoms with van der Waals surface area (Å²) in [7, 11) is 1.55. The van der Waals surface area contributed by atoms with Gasteiger partial charge in [-0.1, -0.05) is 56.7 Å². The van der Waals surface area contributed by atoms with E-state index in [2.05, 4.69) is 10.3 Å². The number of hydrogen-bond acceptors (Lipinski definition) is 8. The summed E-state index contributed by atoms with van der Waals surface area (Å²) in [5, 5.41) is 26.6. The molecule has 10 nitrogen and oxygen atoms in total. The molecule has 3 aromatic carbocycles. The van der Waals surface area contributed by atoms with E-state index >= 15 is 0 Å². The lowest BCUT2D eigenvalue weighted by atomic mass is 9.84. The van der Waals surface area contributed by atoms with Crippen molar-refractivity contribution in [2.75, 3.05) is 7.11 Å². The van der Waals surface area contributed by atoms with Crippen molar-refractivity contribution in [3.8, 4) is 17.2 Å². The van der Waals surface area contributed by atoms with E-state index in [-0.39, 0.29) is 46.5 Å². The number of esters is 1. The average molecular weight is 682 g/mol. The minimum atomic E-state index is -0.854. The topological polar surface area (TPSA) is 151 Å². The van der Waals surface area contributed by atoms with Crippen LogP contribution in [0.5, 0.6) is 17.2 Å². The zero-order chi connectivity index (χ0) is 35.8. The van der Waals surface area contributed by atoms with Crippen LogP contribution in [0.15, 0.2) is 60.7 Å². The fourth-order valence-electron chi connectivity index (χ4n) is 6.50. The number of aromatic nitrogens is 2. The van der Waals surface area contributed by atoms with Gasteiger partial charge in [-0.2, -0.15) is 0 Å². The number of aromatic amines is 1. The van der Waals surface area contributed by atoms with Crippen LogP contribution in [-0.4, -0.2) is 51.1 Å². The number of imidazole rings is 1. The number of cyclic esters (lactones) is 1. The van der Waals surface area contributed by atoms with Gasteiger partial charge in [0, 0.05) is 30.7 Å². The summed E-state index contributed by atoms with van der Waals surface area (Å²) in [4.78, 5) is 48.1. The van der Waals surface area contributed by atoms with E-state index in [4.69, 9.17) is 14.5 Å². The Kier molecular flexibility index (Phi) is 12.0. The van der Waals surface area contributed by atoms with Crippen LogP contribution in [0, 0.1) is 5.92 Å². The standard InChI is InChI=1S/C40H47N3O7/c1-5-24(2)37(39-41-31-16-9-10-17-32(31)42-39)43-34(46)23-30(26-18-20-29(49-4)21-19-26)36-33(45)22-27-13-7-6-8-14-28(44)15-11-12-25(3)50-40(48)35(27)38(36)47/h7,9-10,13,16-22,24-25,30,37,45,47H,5-6,8,11-12,14-15,23H2,1-4H3,(H,41,42)(H,43,46)/t24-,25-,30?,37-/m0/s1. The number of ketones is 1. The van der Waals surface area contributed by atoms with Gasteiger partial charge in [0.2, 0.25) is 5.91 Å². The first-order valence-corrected chi connectivity index (χ1v) is 17.5. The maximum Gasteiger partial charge on any atom is 0.342 e. The summed E-state index contributed by atoms with van der Waals surface area (Å²) < 4.78 is 11.1. The van der Waals surface area contributed by atoms with Crippen molar-refractivity contribution in [2.45, 2.75) is 90.2 Å². The van der Waals surface area contributed by atoms with Gasteiger partial charge < -0.3 is 30.0 Å². The molecule has 5 rings (SSSR count). The highest BCUT2D eigenvalue weighted by atomic mass is 16.5. The number of ether oxygens (including phenoxy) is 2. The molecule has 1 aliphatic heterocycles. The molecule has 0 spiro atoms. The van der Waals surface area contributed by atoms with Crippen LogP contribution >= 0.6 is 0 Å². The smallest absolute Gasteiger partial charge is 0.342 e. The maximum atomic E-state index is 14.0. The number of phenols is 2. The Bertz CT molecular complexity index is 1810. The van der Waals surface area contributed by atoms with Crippen molar-refractivity contribution in [3.05, 3.63) is 88.8 Å². The van der Waals surface area contributed by atoms with Gasteiger partial charge in [0.25, 0.3) is 0 Å². The Labute approximate surface area is 292 Å². The first-order chi connectivity index (χ1) is 24.1. The van der Waals surface area contributed by atoms with E-state index < -0.39 is 29.8 Å². The highest BCUT2D eigenvalue weighted by Gasteiger charge is 2.32. The molecule has 4 aromatic rings. The number of amides is 1. The molecule has 0 radical (unpaired) electrons. The lowest BCUT2D eigenvalue weighted by molar-refractivity contribution is -0.122. The van der Waals surface area contributed by atoms with E-state index in [0.29, 0.717) is 55.7 Å². The molecule has 4 N–H and O–H groups in total. The molecule has 0 aliphatic carbocycles. The number of Topliss-reactive ketones (excluding diaryl/α,β-unsaturated/α-hetero) is 1. The number of para-hydroxylation sites is 2. The third kappa shape index (κ3) is 8.53. The average Bonchev–Trinajstić information content (AvgIpc) is 3.53. The van der Waals surface area contributed by atoms with Crippen molar-refractivity contribution in [1.82, 2.24) is 15.3 Å². The molecule has 1 aromatic heterocycles. The second kappa shape index (κ2) is 16.5. The number of allylic oxidation sites excluding steroid dienone is 1. The molecule has 2 heterocycles. The molecule has 50 heavy (non-hydrogen) atoms. The highest BCUT2D eigenvalue weighted by molar-refractivity contribution is 5.98. The number of aromatic hydroxyl groups is 2. The number of nitrogens with one attached hydrogen (secondary N) is 2. The van der Waals surface area contributed by atoms with E-state index in [9.17, 15) is 24.6 Å². The van der Waals surface area contributed by atoms with Crippen molar-refractivity contribution in [2.24, 2.45) is 5.92 Å². The molecule has 1 unspecified atom stereocenters. The Morgan fingerprint density at radius 3 is 2.56 bits per heavy atom. The van der Waals surface area contributed by atoms with Gasteiger partial charge >= 0.3 is 5.97 Å². The van der Waals surface area contributed by atoms with Crippen molar-refractivity contribution in [1.29, 1.82) is 0 Å². The van der Waals surface area contributed by atoms with Crippen LogP contribution in [0.4, 0.5) is 0 Å². The second-order valence-corrected chi connectivity index (χ2v) is 13.2. The largest absolute Gasteiger partial charge is 0.507 e. The lowest BCUT2D eigenvalue weighted by Gasteiger charge is -2.26. The summed E-state index contributed by atoms with van der Waals surface area (Å²) >= 11 is 0. The number of carbonyl (C=O) groups excluding carboxylic acids is 3. The predicted molar refractivity (Wildman–Crippen MR) is 192 cm³/mol. The zero-order valence-electron chi connectivity index (χ0n) is 29.2. The molecule has 1 amide bonds. The molecule has 0 saturated carbocycles. The first-order valence-electron chi connectivity index (χ1n) is 17.5. The number of methoxy groups -OCH3 is 1. The molecule has 0 fully saturated rings. The monoisotopic (exact) mass is 681 g/mol. The van der Waals surface area contributed by atoms with E-state index in [1.54, 1.807) is 44.4 Å². The quantitative estimate of drug-likeness (QED) is 0.130. The van der Waals surface area contributed by atoms with Crippen LogP contribution < -0.4 is 10.1 Å². The SMILES string of the molecule is CC[C@H](C)[C@H](NC(=O)CC(c1ccc(OC)cc1)c1c(O)cc2c(c1O)C(=O)O[C@@H](C)CCCC(=O)CCCC=C2)c1nc2ccccc2[nH]1. The molecule has 0 bridgehead atoms. The van der Waals surface area contributed by atoms with Gasteiger partial charge in [0.05, 0.1) is 30.3 Å². The molecule has 4 atom stereocenters. The van der Waals surface area contributed by atoms with E-state index in [0.717, 1.165) is 17.5 Å². The fourth-order valence-corrected chi connectivity index (χ4v) is 6.50. The summed E-state index contributed by atoms with van der Waals surface area (Å²) in [6, 6.07) is 15.7. The second-order valence-electron chi connectivity index (χ2n) is 13.2. The Morgan fingerprint density at radius 1 is 1.10 bits per heavy atom. The summed E-state index contributed by atoms with van der Waals surface area (Å²) in [5.74, 6) is -1.21. The van der Waals surface area contributed by atoms with Crippen molar-refractivity contribution >= 4 is 34.8 Å². The lowest BCUT2D eigenvalue weighted by Crippen LogP contribution is -2.34. The maximum absolute atomic E-state index is 14.0. The zero-order valence-corrected chi connectivity index (χ0v) is 29.2. The number of hydrogen-bond donors (Lipinski definition) is 4. The van der Waals surface area contributed by atoms with Gasteiger partial charge in [0.1, 0.15) is 34.4 Å². The Morgan fingerprint density at radius 2 is 1.84 bits per heavy atom. The molecule has 10 heteroatoms. The van der Waals surface area contributed by atoms with Crippen LogP contribution in [0.1, 0.15) is 117 Å². The number of benzene rings is 3. The third-order valence-corrected chi connectivity index (χ3v) is 9.54. The van der Waals surface area contributed by atoms with Gasteiger partial charge in [-0.25, -0.2) is 9.78 Å². The molecule has 264 valence electrons. The number of H-pyrrole nitrogens is 1. The van der Waals surface area contributed by atoms with Gasteiger partial charge in [-0.05, 0) is 80.0 Å². The molecule has 1 aliphatic rings. The van der Waals surface area contributed by atoms with Gasteiger partial charge in [-0.15, -0.1) is 0 Å². The molecular weight excluding hydrogens is 634 g/mol. The predicted octanol–water partition coefficient (Wildman–Crippen LogP) is 7.89. The van der Waals surface area contributed by atoms with E-state index in [1.165, 1.54) is 6.07 Å². The van der Waals surface area contributed by atoms with Crippen molar-refractivity contribution in [3.63, 3.8) is 0 Å². The van der Waals surface area contributed by atoms with Crippen LogP contribution in [0.3, 0.4) is 0 Å². The normalized spacial score (nSPS) is 17.6. The van der Waals surface area contributed by atoms with Crippen LogP contribution in [-0.2, 0) is 14.3 Å². The third-order valence-electron chi connectivity index (χ3n) is 9.54. The van der Waals surface area contributed by atoms with Crippen LogP contribution in [0.25, 0.3) is 17.1 Å². The minimum absolute atomic E-state index is 0.0358. The van der Waals surface area contributed by atoms with Gasteiger partial charge in [-0.3, -0.25) is 9.59 Å². The summed E-state index contributed by atoms with van der Waals surface area (Å²) in [6.07, 6.45) is 6.77. The van der Waals surface area contributed by atoms with E-state index in [1.807, 2.05) is 44.2 Å². The Hall–Kier alpha value is -5.12. The number of nitrogens with zero attached hydrogens (tertiary/aromatic N) is 1. The summed E-state index contributed by atoms with van der Waals surface area (Å²) in [6.45, 7) is 5.84. The fraction of sp³-hybridized carbons (Fsp3) is 0.400. The number of rotatable bonds is 9. The number of carbonyl (C=O) groups is 3. The number of phenolic OH excluding ortho intramolecular Hbond substituents is 2. The first kappa shape index (κ1) is 36.2. The molecular formula is C40H47N3O7. The van der Waals surface area contributed by atoms with Crippen LogP contribution in [0.2, 0.25) is 0 Å². The molecule has 0 saturated heterocycles. The summed E-state index contributed by atoms with van der Waals surface area (Å²) in [5.41, 5.74) is 2.52. The Balaban J connectivity index is 1.55. The van der Waals surface area contributed by atoms with Crippen molar-refractivity contribution < 1.29 is 34.1 Å². The van der Waals surface area contributed by atoms with Gasteiger partial charge in [0.15, 0.2) is 0 Å². The highest BCUT2D eigenvalue weighted by Crippen LogP contribution is 2.44.